The molecule has 148 valence electrons. The first-order valence-corrected chi connectivity index (χ1v) is 9.68. The van der Waals surface area contributed by atoms with Crippen LogP contribution in [0.25, 0.3) is 16.8 Å². The second-order valence-electron chi connectivity index (χ2n) is 7.89. The molecule has 1 aliphatic rings. The molecule has 4 rings (SSSR count). The standard InChI is InChI=1S/C21H28N6O/c1-23(2)18-7-5-6-16(12-18)19-15-25(4)21(28)27-14-17(22-20(19)27)13-26-10-8-24(3)9-11-26/h5-7,12,14-15H,8-11,13H2,1-4H3. The van der Waals surface area contributed by atoms with Crippen LogP contribution in [0.5, 0.6) is 0 Å². The fourth-order valence-electron chi connectivity index (χ4n) is 3.71. The zero-order valence-corrected chi connectivity index (χ0v) is 17.1. The van der Waals surface area contributed by atoms with Gasteiger partial charge in [-0.15, -0.1) is 0 Å². The zero-order chi connectivity index (χ0) is 19.8. The van der Waals surface area contributed by atoms with E-state index in [2.05, 4.69) is 39.9 Å². The number of nitrogens with zero attached hydrogens (tertiary/aromatic N) is 6. The first-order chi connectivity index (χ1) is 13.4. The molecule has 0 saturated carbocycles. The van der Waals surface area contributed by atoms with Crippen molar-refractivity contribution < 1.29 is 0 Å². The fourth-order valence-corrected chi connectivity index (χ4v) is 3.71. The van der Waals surface area contributed by atoms with Gasteiger partial charge in [0.25, 0.3) is 0 Å². The molecule has 1 aliphatic heterocycles. The highest BCUT2D eigenvalue weighted by Gasteiger charge is 2.18. The summed E-state index contributed by atoms with van der Waals surface area (Å²) in [6, 6.07) is 8.32. The highest BCUT2D eigenvalue weighted by molar-refractivity contribution is 5.79. The van der Waals surface area contributed by atoms with Crippen LogP contribution in [0.1, 0.15) is 5.69 Å². The van der Waals surface area contributed by atoms with Crippen LogP contribution in [0.4, 0.5) is 5.69 Å². The Kier molecular flexibility index (Phi) is 4.95. The lowest BCUT2D eigenvalue weighted by Gasteiger charge is -2.31. The van der Waals surface area contributed by atoms with Crippen molar-refractivity contribution in [1.29, 1.82) is 0 Å². The maximum atomic E-state index is 12.7. The van der Waals surface area contributed by atoms with Gasteiger partial charge >= 0.3 is 5.69 Å². The van der Waals surface area contributed by atoms with Crippen LogP contribution in [0.15, 0.2) is 41.5 Å². The molecule has 0 spiro atoms. The van der Waals surface area contributed by atoms with Crippen LogP contribution in [0.2, 0.25) is 0 Å². The van der Waals surface area contributed by atoms with Gasteiger partial charge in [0.15, 0.2) is 5.65 Å². The molecule has 1 saturated heterocycles. The minimum atomic E-state index is -0.0698. The van der Waals surface area contributed by atoms with E-state index in [1.165, 1.54) is 0 Å². The Bertz CT molecular complexity index is 1040. The second kappa shape index (κ2) is 7.41. The second-order valence-corrected chi connectivity index (χ2v) is 7.89. The van der Waals surface area contributed by atoms with Crippen molar-refractivity contribution in [1.82, 2.24) is 23.8 Å². The number of likely N-dealkylation sites (N-methyl/N-ethyl adjacent to an activating group) is 1. The van der Waals surface area contributed by atoms with Crippen LogP contribution in [-0.2, 0) is 13.6 Å². The third-order valence-electron chi connectivity index (χ3n) is 5.48. The Balaban J connectivity index is 1.75. The largest absolute Gasteiger partial charge is 0.378 e. The average Bonchev–Trinajstić information content (AvgIpc) is 3.10. The number of anilines is 1. The minimum absolute atomic E-state index is 0.0698. The van der Waals surface area contributed by atoms with Gasteiger partial charge in [-0.25, -0.2) is 9.78 Å². The number of piperazine rings is 1. The van der Waals surface area contributed by atoms with Crippen LogP contribution in [0, 0.1) is 0 Å². The molecule has 7 nitrogen and oxygen atoms in total. The summed E-state index contributed by atoms with van der Waals surface area (Å²) < 4.78 is 3.31. The van der Waals surface area contributed by atoms with Crippen molar-refractivity contribution in [2.24, 2.45) is 7.05 Å². The number of benzene rings is 1. The highest BCUT2D eigenvalue weighted by Crippen LogP contribution is 2.26. The molecule has 7 heteroatoms. The number of imidazole rings is 1. The maximum Gasteiger partial charge on any atom is 0.333 e. The van der Waals surface area contributed by atoms with Gasteiger partial charge in [-0.05, 0) is 24.7 Å². The minimum Gasteiger partial charge on any atom is -0.378 e. The molecule has 0 amide bonds. The average molecular weight is 380 g/mol. The van der Waals surface area contributed by atoms with E-state index in [9.17, 15) is 4.79 Å². The number of hydrogen-bond donors (Lipinski definition) is 0. The Morgan fingerprint density at radius 1 is 1.07 bits per heavy atom. The van der Waals surface area contributed by atoms with Crippen LogP contribution >= 0.6 is 0 Å². The van der Waals surface area contributed by atoms with Crippen molar-refractivity contribution in [3.8, 4) is 11.1 Å². The molecule has 0 N–H and O–H groups in total. The van der Waals surface area contributed by atoms with Crippen LogP contribution in [0.3, 0.4) is 0 Å². The summed E-state index contributed by atoms with van der Waals surface area (Å²) >= 11 is 0. The van der Waals surface area contributed by atoms with Crippen molar-refractivity contribution in [3.05, 3.63) is 52.8 Å². The monoisotopic (exact) mass is 380 g/mol. The highest BCUT2D eigenvalue weighted by atomic mass is 16.1. The van der Waals surface area contributed by atoms with E-state index in [0.29, 0.717) is 0 Å². The number of fused-ring (bicyclic) bond motifs is 1. The first kappa shape index (κ1) is 18.7. The topological polar surface area (TPSA) is 49.0 Å². The lowest BCUT2D eigenvalue weighted by molar-refractivity contribution is 0.147. The summed E-state index contributed by atoms with van der Waals surface area (Å²) in [4.78, 5) is 24.4. The van der Waals surface area contributed by atoms with Crippen LogP contribution in [-0.4, -0.2) is 71.1 Å². The van der Waals surface area contributed by atoms with Crippen molar-refractivity contribution >= 4 is 11.3 Å². The summed E-state index contributed by atoms with van der Waals surface area (Å²) in [6.07, 6.45) is 3.79. The van der Waals surface area contributed by atoms with Gasteiger partial charge in [0.1, 0.15) is 0 Å². The summed E-state index contributed by atoms with van der Waals surface area (Å²) in [5.74, 6) is 0. The van der Waals surface area contributed by atoms with Gasteiger partial charge in [-0.1, -0.05) is 12.1 Å². The maximum absolute atomic E-state index is 12.7. The fraction of sp³-hybridized carbons (Fsp3) is 0.429. The predicted octanol–water partition coefficient (Wildman–Crippen LogP) is 1.51. The molecule has 0 aliphatic carbocycles. The molecule has 3 aromatic rings. The van der Waals surface area contributed by atoms with Crippen LogP contribution < -0.4 is 10.6 Å². The van der Waals surface area contributed by atoms with Gasteiger partial charge in [0.05, 0.1) is 5.69 Å². The van der Waals surface area contributed by atoms with E-state index in [0.717, 1.165) is 60.9 Å². The SMILES string of the molecule is CN1CCN(Cc2cn3c(=O)n(C)cc(-c4cccc(N(C)C)c4)c3n2)CC1. The number of aromatic nitrogens is 3. The predicted molar refractivity (Wildman–Crippen MR) is 113 cm³/mol. The molecule has 1 fully saturated rings. The Hall–Kier alpha value is -2.64. The Morgan fingerprint density at radius 3 is 2.54 bits per heavy atom. The third-order valence-corrected chi connectivity index (χ3v) is 5.48. The molecule has 0 bridgehead atoms. The quantitative estimate of drug-likeness (QED) is 0.687. The van der Waals surface area contributed by atoms with E-state index in [4.69, 9.17) is 4.98 Å². The van der Waals surface area contributed by atoms with E-state index in [1.54, 1.807) is 16.0 Å². The van der Waals surface area contributed by atoms with Gasteiger partial charge in [-0.3, -0.25) is 9.30 Å². The third kappa shape index (κ3) is 3.55. The number of rotatable bonds is 4. The first-order valence-electron chi connectivity index (χ1n) is 9.68. The summed E-state index contributed by atoms with van der Waals surface area (Å²) in [5, 5.41) is 0. The molecule has 0 radical (unpaired) electrons. The van der Waals surface area contributed by atoms with E-state index >= 15 is 0 Å². The lowest BCUT2D eigenvalue weighted by atomic mass is 10.1. The Labute approximate surface area is 165 Å². The van der Waals surface area contributed by atoms with E-state index in [1.807, 2.05) is 32.6 Å². The number of aryl methyl sites for hydroxylation is 1. The van der Waals surface area contributed by atoms with E-state index in [-0.39, 0.29) is 5.69 Å². The molecular weight excluding hydrogens is 352 g/mol. The number of hydrogen-bond acceptors (Lipinski definition) is 5. The molecular formula is C21H28N6O. The lowest BCUT2D eigenvalue weighted by Crippen LogP contribution is -2.43. The summed E-state index contributed by atoms with van der Waals surface area (Å²) in [7, 11) is 8.00. The summed E-state index contributed by atoms with van der Waals surface area (Å²) in [6.45, 7) is 4.96. The van der Waals surface area contributed by atoms with Gasteiger partial charge in [0, 0.05) is 77.5 Å². The van der Waals surface area contributed by atoms with Crippen molar-refractivity contribution in [2.45, 2.75) is 6.54 Å². The molecule has 1 aromatic carbocycles. The van der Waals surface area contributed by atoms with Gasteiger partial charge in [-0.2, -0.15) is 0 Å². The molecule has 2 aromatic heterocycles. The Morgan fingerprint density at radius 2 is 1.82 bits per heavy atom. The molecule has 28 heavy (non-hydrogen) atoms. The molecule has 0 unspecified atom stereocenters. The van der Waals surface area contributed by atoms with Crippen molar-refractivity contribution in [2.75, 3.05) is 52.2 Å². The van der Waals surface area contributed by atoms with E-state index < -0.39 is 0 Å². The summed E-state index contributed by atoms with van der Waals surface area (Å²) in [5.41, 5.74) is 4.74. The normalized spacial score (nSPS) is 16.0. The van der Waals surface area contributed by atoms with Gasteiger partial charge in [0.2, 0.25) is 0 Å². The molecule has 0 atom stereocenters. The molecule has 3 heterocycles. The smallest absolute Gasteiger partial charge is 0.333 e. The van der Waals surface area contributed by atoms with Gasteiger partial charge < -0.3 is 14.4 Å². The van der Waals surface area contributed by atoms with Crippen molar-refractivity contribution in [3.63, 3.8) is 0 Å². The zero-order valence-electron chi connectivity index (χ0n) is 17.1.